The van der Waals surface area contributed by atoms with E-state index in [1.54, 1.807) is 17.3 Å². The number of amides is 1. The fourth-order valence-electron chi connectivity index (χ4n) is 6.27. The summed E-state index contributed by atoms with van der Waals surface area (Å²) in [4.78, 5) is 38.8. The number of hydrogen-bond donors (Lipinski definition) is 0. The summed E-state index contributed by atoms with van der Waals surface area (Å²) in [5.41, 5.74) is 5.40. The fraction of sp³-hybridized carbons (Fsp3) is 0.379. The second kappa shape index (κ2) is 9.04. The summed E-state index contributed by atoms with van der Waals surface area (Å²) in [7, 11) is 3.74. The lowest BCUT2D eigenvalue weighted by molar-refractivity contribution is 0.0505. The van der Waals surface area contributed by atoms with Gasteiger partial charge in [-0.05, 0) is 47.9 Å². The van der Waals surface area contributed by atoms with Crippen LogP contribution in [0.1, 0.15) is 53.1 Å². The number of carbonyl (C=O) groups is 2. The van der Waals surface area contributed by atoms with E-state index < -0.39 is 0 Å². The second-order valence-electron chi connectivity index (χ2n) is 10.3. The van der Waals surface area contributed by atoms with Gasteiger partial charge in [-0.15, -0.1) is 0 Å². The number of nitrogens with zero attached hydrogens (tertiary/aromatic N) is 4. The molecule has 3 heterocycles. The molecular weight excluding hydrogens is 452 g/mol. The van der Waals surface area contributed by atoms with Gasteiger partial charge in [0.1, 0.15) is 6.61 Å². The molecule has 2 saturated heterocycles. The van der Waals surface area contributed by atoms with E-state index in [1.807, 2.05) is 31.1 Å². The number of piperidine rings is 1. The smallest absolute Gasteiger partial charge is 0.410 e. The lowest BCUT2D eigenvalue weighted by Gasteiger charge is -2.37. The molecule has 2 aromatic carbocycles. The summed E-state index contributed by atoms with van der Waals surface area (Å²) in [6.07, 6.45) is 6.12. The van der Waals surface area contributed by atoms with Crippen LogP contribution >= 0.6 is 0 Å². The van der Waals surface area contributed by atoms with Crippen molar-refractivity contribution < 1.29 is 14.3 Å². The summed E-state index contributed by atoms with van der Waals surface area (Å²) in [5, 5.41) is 0. The van der Waals surface area contributed by atoms with Crippen LogP contribution in [-0.2, 0) is 4.74 Å². The quantitative estimate of drug-likeness (QED) is 0.481. The Morgan fingerprint density at radius 2 is 1.47 bits per heavy atom. The third-order valence-corrected chi connectivity index (χ3v) is 7.97. The zero-order valence-electron chi connectivity index (χ0n) is 20.6. The summed E-state index contributed by atoms with van der Waals surface area (Å²) in [5.74, 6) is 0.582. The SMILES string of the molecule is CN(C)c1ncc(C(=O)C2CC3CCC(C2)N3C(=O)OCC2c3ccccc3-c3ccccc32)cn1. The van der Waals surface area contributed by atoms with Gasteiger partial charge in [0, 0.05) is 50.4 Å². The summed E-state index contributed by atoms with van der Waals surface area (Å²) >= 11 is 0. The molecule has 6 rings (SSSR count). The molecule has 1 aromatic heterocycles. The highest BCUT2D eigenvalue weighted by Crippen LogP contribution is 2.45. The van der Waals surface area contributed by atoms with Crippen LogP contribution in [0.2, 0.25) is 0 Å². The van der Waals surface area contributed by atoms with Crippen molar-refractivity contribution >= 4 is 17.8 Å². The normalized spacial score (nSPS) is 22.2. The highest BCUT2D eigenvalue weighted by molar-refractivity contribution is 5.97. The predicted molar refractivity (Wildman–Crippen MR) is 137 cm³/mol. The first-order valence-electron chi connectivity index (χ1n) is 12.7. The van der Waals surface area contributed by atoms with Gasteiger partial charge < -0.3 is 14.5 Å². The Labute approximate surface area is 211 Å². The van der Waals surface area contributed by atoms with Crippen LogP contribution < -0.4 is 4.90 Å². The first kappa shape index (κ1) is 22.7. The van der Waals surface area contributed by atoms with Crippen LogP contribution in [0.5, 0.6) is 0 Å². The van der Waals surface area contributed by atoms with E-state index in [1.165, 1.54) is 22.3 Å². The molecule has 3 aromatic rings. The molecule has 2 aliphatic heterocycles. The molecule has 2 bridgehead atoms. The zero-order chi connectivity index (χ0) is 24.8. The highest BCUT2D eigenvalue weighted by Gasteiger charge is 2.46. The summed E-state index contributed by atoms with van der Waals surface area (Å²) < 4.78 is 5.95. The zero-order valence-corrected chi connectivity index (χ0v) is 20.6. The number of carbonyl (C=O) groups excluding carboxylic acids is 2. The Morgan fingerprint density at radius 3 is 2.03 bits per heavy atom. The maximum atomic E-state index is 13.3. The number of rotatable bonds is 5. The van der Waals surface area contributed by atoms with E-state index >= 15 is 0 Å². The molecule has 3 aliphatic rings. The van der Waals surface area contributed by atoms with Gasteiger partial charge in [-0.25, -0.2) is 14.8 Å². The van der Waals surface area contributed by atoms with Crippen molar-refractivity contribution in [2.45, 2.75) is 43.7 Å². The van der Waals surface area contributed by atoms with Gasteiger partial charge in [0.05, 0.1) is 5.56 Å². The Hall–Kier alpha value is -3.74. The second-order valence-corrected chi connectivity index (χ2v) is 10.3. The lowest BCUT2D eigenvalue weighted by Crippen LogP contribution is -2.48. The Bertz CT molecular complexity index is 1250. The van der Waals surface area contributed by atoms with Crippen LogP contribution in [0, 0.1) is 5.92 Å². The van der Waals surface area contributed by atoms with E-state index in [0.29, 0.717) is 31.0 Å². The van der Waals surface area contributed by atoms with E-state index in [-0.39, 0.29) is 35.8 Å². The van der Waals surface area contributed by atoms with Crippen molar-refractivity contribution in [2.75, 3.05) is 25.6 Å². The van der Waals surface area contributed by atoms with Crippen LogP contribution in [-0.4, -0.2) is 59.5 Å². The number of ether oxygens (including phenoxy) is 1. The fourth-order valence-corrected chi connectivity index (χ4v) is 6.27. The molecule has 0 N–H and O–H groups in total. The van der Waals surface area contributed by atoms with Crippen LogP contribution in [0.25, 0.3) is 11.1 Å². The highest BCUT2D eigenvalue weighted by atomic mass is 16.6. The average Bonchev–Trinajstić information content (AvgIpc) is 3.37. The molecule has 2 fully saturated rings. The van der Waals surface area contributed by atoms with E-state index in [4.69, 9.17) is 4.74 Å². The molecule has 7 heteroatoms. The standard InChI is InChI=1S/C29H30N4O3/c1-32(2)28-30-15-19(16-31-28)27(34)18-13-20-11-12-21(14-18)33(20)29(35)36-17-26-24-9-5-3-7-22(24)23-8-4-6-10-25(23)26/h3-10,15-16,18,20-21,26H,11-14,17H2,1-2H3. The van der Waals surface area contributed by atoms with Crippen molar-refractivity contribution in [1.82, 2.24) is 14.9 Å². The first-order valence-corrected chi connectivity index (χ1v) is 12.7. The molecule has 2 unspecified atom stereocenters. The predicted octanol–water partition coefficient (Wildman–Crippen LogP) is 4.92. The van der Waals surface area contributed by atoms with Crippen LogP contribution in [0.15, 0.2) is 60.9 Å². The van der Waals surface area contributed by atoms with Gasteiger partial charge in [0.2, 0.25) is 5.95 Å². The number of benzene rings is 2. The molecule has 0 saturated carbocycles. The molecule has 2 atom stereocenters. The monoisotopic (exact) mass is 482 g/mol. The Balaban J connectivity index is 1.12. The molecule has 1 aliphatic carbocycles. The van der Waals surface area contributed by atoms with E-state index in [9.17, 15) is 9.59 Å². The van der Waals surface area contributed by atoms with E-state index in [0.717, 1.165) is 12.8 Å². The molecule has 7 nitrogen and oxygen atoms in total. The number of aromatic nitrogens is 2. The first-order chi connectivity index (χ1) is 17.5. The van der Waals surface area contributed by atoms with Gasteiger partial charge in [-0.3, -0.25) is 4.79 Å². The maximum absolute atomic E-state index is 13.3. The van der Waals surface area contributed by atoms with Gasteiger partial charge in [0.15, 0.2) is 5.78 Å². The van der Waals surface area contributed by atoms with Gasteiger partial charge in [-0.1, -0.05) is 48.5 Å². The molecule has 184 valence electrons. The molecule has 0 radical (unpaired) electrons. The third-order valence-electron chi connectivity index (χ3n) is 7.97. The van der Waals surface area contributed by atoms with Crippen LogP contribution in [0.4, 0.5) is 10.7 Å². The number of anilines is 1. The summed E-state index contributed by atoms with van der Waals surface area (Å²) in [6, 6.07) is 16.8. The molecule has 0 spiro atoms. The molecule has 36 heavy (non-hydrogen) atoms. The minimum Gasteiger partial charge on any atom is -0.448 e. The van der Waals surface area contributed by atoms with Gasteiger partial charge in [-0.2, -0.15) is 0 Å². The number of hydrogen-bond acceptors (Lipinski definition) is 6. The number of Topliss-reactive ketones (excluding diaryl/α,β-unsaturated/α-hetero) is 1. The Kier molecular flexibility index (Phi) is 5.70. The molecule has 1 amide bonds. The van der Waals surface area contributed by atoms with Crippen LogP contribution in [0.3, 0.4) is 0 Å². The minimum atomic E-state index is -0.256. The number of ketones is 1. The lowest BCUT2D eigenvalue weighted by atomic mass is 9.85. The van der Waals surface area contributed by atoms with E-state index in [2.05, 4.69) is 46.4 Å². The van der Waals surface area contributed by atoms with Crippen molar-refractivity contribution in [1.29, 1.82) is 0 Å². The Morgan fingerprint density at radius 1 is 0.917 bits per heavy atom. The third kappa shape index (κ3) is 3.83. The molecular formula is C29H30N4O3. The van der Waals surface area contributed by atoms with Crippen molar-refractivity contribution in [3.05, 3.63) is 77.6 Å². The van der Waals surface area contributed by atoms with Crippen molar-refractivity contribution in [3.8, 4) is 11.1 Å². The topological polar surface area (TPSA) is 75.6 Å². The average molecular weight is 483 g/mol. The minimum absolute atomic E-state index is 0.0373. The summed E-state index contributed by atoms with van der Waals surface area (Å²) in [6.45, 7) is 0.320. The number of fused-ring (bicyclic) bond motifs is 5. The van der Waals surface area contributed by atoms with Crippen molar-refractivity contribution in [2.24, 2.45) is 5.92 Å². The van der Waals surface area contributed by atoms with Crippen molar-refractivity contribution in [3.63, 3.8) is 0 Å². The van der Waals surface area contributed by atoms with Gasteiger partial charge >= 0.3 is 6.09 Å². The largest absolute Gasteiger partial charge is 0.448 e. The maximum Gasteiger partial charge on any atom is 0.410 e. The van der Waals surface area contributed by atoms with Gasteiger partial charge in [0.25, 0.3) is 0 Å².